The largest absolute Gasteiger partial charge is 0.368 e. The highest BCUT2D eigenvalue weighted by molar-refractivity contribution is 5.95. The van der Waals surface area contributed by atoms with Crippen molar-refractivity contribution >= 4 is 22.4 Å². The van der Waals surface area contributed by atoms with Gasteiger partial charge in [0.2, 0.25) is 0 Å². The van der Waals surface area contributed by atoms with Crippen molar-refractivity contribution in [1.29, 1.82) is 5.26 Å². The van der Waals surface area contributed by atoms with Gasteiger partial charge in [0.1, 0.15) is 11.9 Å². The zero-order chi connectivity index (χ0) is 22.1. The van der Waals surface area contributed by atoms with E-state index in [0.717, 1.165) is 49.4 Å². The van der Waals surface area contributed by atoms with Gasteiger partial charge in [-0.3, -0.25) is 9.88 Å². The Morgan fingerprint density at radius 3 is 2.88 bits per heavy atom. The van der Waals surface area contributed by atoms with E-state index in [9.17, 15) is 5.26 Å². The van der Waals surface area contributed by atoms with Crippen LogP contribution in [0.1, 0.15) is 36.2 Å². The number of hydrogen-bond acceptors (Lipinski definition) is 7. The Labute approximate surface area is 193 Å². The summed E-state index contributed by atoms with van der Waals surface area (Å²) in [4.78, 5) is 17.3. The van der Waals surface area contributed by atoms with Gasteiger partial charge in [-0.2, -0.15) is 5.26 Å². The second-order valence-corrected chi connectivity index (χ2v) is 9.94. The molecular weight excluding hydrogens is 410 g/mol. The van der Waals surface area contributed by atoms with E-state index in [1.165, 1.54) is 23.4 Å². The van der Waals surface area contributed by atoms with Crippen LogP contribution in [-0.4, -0.2) is 59.2 Å². The van der Waals surface area contributed by atoms with Crippen LogP contribution in [0, 0.1) is 11.3 Å². The van der Waals surface area contributed by atoms with Gasteiger partial charge in [0.25, 0.3) is 0 Å². The molecule has 3 aromatic rings. The third-order valence-corrected chi connectivity index (χ3v) is 8.09. The minimum absolute atomic E-state index is 0.337. The van der Waals surface area contributed by atoms with E-state index in [1.807, 2.05) is 12.1 Å². The summed E-state index contributed by atoms with van der Waals surface area (Å²) in [5.74, 6) is 1.15. The van der Waals surface area contributed by atoms with Crippen molar-refractivity contribution in [1.82, 2.24) is 20.2 Å². The molecule has 0 unspecified atom stereocenters. The third kappa shape index (κ3) is 2.87. The molecule has 6 heterocycles. The van der Waals surface area contributed by atoms with Crippen LogP contribution in [0.5, 0.6) is 0 Å². The molecule has 4 aliphatic heterocycles. The second-order valence-electron chi connectivity index (χ2n) is 9.94. The van der Waals surface area contributed by atoms with E-state index in [1.54, 1.807) is 6.20 Å². The number of nitriles is 1. The van der Waals surface area contributed by atoms with Crippen molar-refractivity contribution in [3.8, 4) is 6.07 Å². The quantitative estimate of drug-likeness (QED) is 0.661. The molecule has 3 fully saturated rings. The molecule has 7 heteroatoms. The Balaban J connectivity index is 1.22. The molecule has 7 rings (SSSR count). The second kappa shape index (κ2) is 7.14. The number of fused-ring (bicyclic) bond motifs is 6. The first-order valence-corrected chi connectivity index (χ1v) is 12.0. The zero-order valence-electron chi connectivity index (χ0n) is 18.8. The maximum Gasteiger partial charge on any atom is 0.129 e. The van der Waals surface area contributed by atoms with E-state index in [-0.39, 0.29) is 0 Å². The number of hydrogen-bond donors (Lipinski definition) is 1. The van der Waals surface area contributed by atoms with E-state index < -0.39 is 0 Å². The zero-order valence-corrected chi connectivity index (χ0v) is 18.8. The van der Waals surface area contributed by atoms with Crippen molar-refractivity contribution in [3.05, 3.63) is 59.4 Å². The minimum Gasteiger partial charge on any atom is -0.368 e. The van der Waals surface area contributed by atoms with Gasteiger partial charge in [-0.25, -0.2) is 4.98 Å². The molecule has 0 radical (unpaired) electrons. The van der Waals surface area contributed by atoms with Crippen molar-refractivity contribution < 1.29 is 0 Å². The lowest BCUT2D eigenvalue weighted by Crippen LogP contribution is -2.51. The van der Waals surface area contributed by atoms with Crippen LogP contribution in [0.2, 0.25) is 0 Å². The number of anilines is 2. The molecule has 0 saturated carbocycles. The van der Waals surface area contributed by atoms with Gasteiger partial charge in [0.05, 0.1) is 22.8 Å². The highest BCUT2D eigenvalue weighted by Gasteiger charge is 2.42. The number of aromatic nitrogens is 2. The van der Waals surface area contributed by atoms with Gasteiger partial charge >= 0.3 is 0 Å². The van der Waals surface area contributed by atoms with Gasteiger partial charge in [0, 0.05) is 68.1 Å². The molecule has 0 amide bonds. The van der Waals surface area contributed by atoms with Crippen molar-refractivity contribution in [2.24, 2.45) is 0 Å². The Morgan fingerprint density at radius 1 is 1.12 bits per heavy atom. The van der Waals surface area contributed by atoms with Crippen LogP contribution >= 0.6 is 0 Å². The Bertz CT molecular complexity index is 1300. The fraction of sp³-hybridized carbons (Fsp3) is 0.423. The highest BCUT2D eigenvalue weighted by Crippen LogP contribution is 2.41. The van der Waals surface area contributed by atoms with Crippen molar-refractivity contribution in [2.45, 2.75) is 44.1 Å². The first-order valence-electron chi connectivity index (χ1n) is 12.0. The van der Waals surface area contributed by atoms with E-state index in [2.05, 4.69) is 62.3 Å². The number of benzene rings is 1. The number of nitrogens with zero attached hydrogens (tertiary/aromatic N) is 6. The maximum absolute atomic E-state index is 9.52. The summed E-state index contributed by atoms with van der Waals surface area (Å²) < 4.78 is 0. The van der Waals surface area contributed by atoms with Crippen LogP contribution in [0.3, 0.4) is 0 Å². The average molecular weight is 438 g/mol. The third-order valence-electron chi connectivity index (χ3n) is 8.09. The SMILES string of the molecule is C[C@@H]1CN(c2ccc(C#N)c3ncccc23)C[C@@H]2c3ccc(N4C[C@@H]5C[C@H]4CN5)nc3CN12. The molecule has 33 heavy (non-hydrogen) atoms. The molecule has 166 valence electrons. The Hall–Kier alpha value is -3.21. The Morgan fingerprint density at radius 2 is 2.06 bits per heavy atom. The minimum atomic E-state index is 0.337. The summed E-state index contributed by atoms with van der Waals surface area (Å²) in [5, 5.41) is 14.2. The van der Waals surface area contributed by atoms with Gasteiger partial charge in [-0.15, -0.1) is 0 Å². The van der Waals surface area contributed by atoms with Crippen LogP contribution in [-0.2, 0) is 6.54 Å². The maximum atomic E-state index is 9.52. The first-order chi connectivity index (χ1) is 16.2. The first kappa shape index (κ1) is 19.3. The Kier molecular flexibility index (Phi) is 4.17. The van der Waals surface area contributed by atoms with Crippen LogP contribution in [0.4, 0.5) is 11.5 Å². The van der Waals surface area contributed by atoms with Crippen molar-refractivity contribution in [2.75, 3.05) is 36.0 Å². The lowest BCUT2D eigenvalue weighted by atomic mass is 10.0. The molecule has 1 N–H and O–H groups in total. The van der Waals surface area contributed by atoms with Crippen LogP contribution < -0.4 is 15.1 Å². The van der Waals surface area contributed by atoms with Crippen molar-refractivity contribution in [3.63, 3.8) is 0 Å². The number of nitrogens with one attached hydrogen (secondary N) is 1. The lowest BCUT2D eigenvalue weighted by molar-refractivity contribution is 0.133. The van der Waals surface area contributed by atoms with Gasteiger partial charge < -0.3 is 15.1 Å². The molecule has 3 saturated heterocycles. The molecular formula is C26H27N7. The topological polar surface area (TPSA) is 71.3 Å². The number of rotatable bonds is 2. The normalized spacial score (nSPS) is 28.2. The molecule has 1 aromatic carbocycles. The molecule has 0 spiro atoms. The summed E-state index contributed by atoms with van der Waals surface area (Å²) >= 11 is 0. The summed E-state index contributed by atoms with van der Waals surface area (Å²) in [7, 11) is 0. The van der Waals surface area contributed by atoms with Gasteiger partial charge in [0.15, 0.2) is 0 Å². The monoisotopic (exact) mass is 437 g/mol. The summed E-state index contributed by atoms with van der Waals surface area (Å²) in [6.07, 6.45) is 3.01. The molecule has 2 aromatic heterocycles. The van der Waals surface area contributed by atoms with Crippen LogP contribution in [0.25, 0.3) is 10.9 Å². The standard InChI is InChI=1S/C26H27N7/c1-16-12-31(23-6-4-17(10-27)26-21(23)3-2-8-28-26)15-24-20-5-7-25(30-22(20)14-32(16)24)33-13-18-9-19(33)11-29-18/h2-8,16,18-19,24,29H,9,11-15H2,1H3/t16-,18+,19+,24-/m1/s1. The molecule has 7 nitrogen and oxygen atoms in total. The number of piperazine rings is 2. The van der Waals surface area contributed by atoms with E-state index >= 15 is 0 Å². The smallest absolute Gasteiger partial charge is 0.129 e. The van der Waals surface area contributed by atoms with Gasteiger partial charge in [-0.05, 0) is 49.2 Å². The summed E-state index contributed by atoms with van der Waals surface area (Å²) in [6, 6.07) is 16.9. The molecule has 2 bridgehead atoms. The summed E-state index contributed by atoms with van der Waals surface area (Å²) in [5.41, 5.74) is 5.21. The highest BCUT2D eigenvalue weighted by atomic mass is 15.3. The fourth-order valence-corrected chi connectivity index (χ4v) is 6.49. The predicted molar refractivity (Wildman–Crippen MR) is 128 cm³/mol. The number of pyridine rings is 2. The lowest BCUT2D eigenvalue weighted by Gasteiger charge is -2.43. The summed E-state index contributed by atoms with van der Waals surface area (Å²) in [6.45, 7) is 7.28. The molecule has 4 aliphatic rings. The predicted octanol–water partition coefficient (Wildman–Crippen LogP) is 2.82. The molecule has 0 aliphatic carbocycles. The van der Waals surface area contributed by atoms with Gasteiger partial charge in [-0.1, -0.05) is 6.07 Å². The fourth-order valence-electron chi connectivity index (χ4n) is 6.49. The van der Waals surface area contributed by atoms with Crippen LogP contribution in [0.15, 0.2) is 42.6 Å². The van der Waals surface area contributed by atoms with E-state index in [0.29, 0.717) is 29.7 Å². The van der Waals surface area contributed by atoms with E-state index in [4.69, 9.17) is 4.98 Å². The molecule has 4 atom stereocenters. The average Bonchev–Trinajstić information content (AvgIpc) is 3.57.